The molecular weight excluding hydrogens is 288 g/mol. The maximum Gasteiger partial charge on any atom is 0.263 e. The van der Waals surface area contributed by atoms with Crippen LogP contribution in [0, 0.1) is 0 Å². The molecule has 0 bridgehead atoms. The van der Waals surface area contributed by atoms with Crippen molar-refractivity contribution in [1.82, 2.24) is 15.0 Å². The number of rotatable bonds is 4. The van der Waals surface area contributed by atoms with Gasteiger partial charge in [-0.05, 0) is 23.7 Å². The zero-order valence-electron chi connectivity index (χ0n) is 9.64. The first-order valence-corrected chi connectivity index (χ1v) is 7.00. The van der Waals surface area contributed by atoms with Crippen molar-refractivity contribution < 1.29 is 8.42 Å². The number of hydrogen-bond acceptors (Lipinski definition) is 5. The van der Waals surface area contributed by atoms with Crippen LogP contribution in [0.5, 0.6) is 0 Å². The van der Waals surface area contributed by atoms with E-state index in [9.17, 15) is 8.42 Å². The van der Waals surface area contributed by atoms with Gasteiger partial charge in [0.1, 0.15) is 6.33 Å². The Bertz CT molecular complexity index is 691. The smallest absolute Gasteiger partial charge is 0.206 e. The minimum absolute atomic E-state index is 0.0916. The first kappa shape index (κ1) is 13.4. The molecule has 0 aliphatic heterocycles. The Labute approximate surface area is 115 Å². The molecule has 2 rings (SSSR count). The lowest BCUT2D eigenvalue weighted by atomic mass is 10.3. The van der Waals surface area contributed by atoms with E-state index < -0.39 is 10.0 Å². The maximum atomic E-state index is 12.1. The van der Waals surface area contributed by atoms with Crippen molar-refractivity contribution in [2.24, 2.45) is 0 Å². The van der Waals surface area contributed by atoms with E-state index in [0.29, 0.717) is 5.69 Å². The number of hydrogen-bond donors (Lipinski definition) is 0. The minimum Gasteiger partial charge on any atom is -0.206 e. The molecule has 8 heteroatoms. The zero-order valence-corrected chi connectivity index (χ0v) is 11.2. The van der Waals surface area contributed by atoms with Crippen LogP contribution >= 0.6 is 11.6 Å². The molecule has 98 valence electrons. The van der Waals surface area contributed by atoms with Crippen molar-refractivity contribution in [2.45, 2.75) is 0 Å². The van der Waals surface area contributed by atoms with Crippen molar-refractivity contribution in [3.63, 3.8) is 0 Å². The van der Waals surface area contributed by atoms with Gasteiger partial charge in [-0.15, -0.1) is 0 Å². The van der Waals surface area contributed by atoms with Crippen LogP contribution in [-0.2, 0) is 10.0 Å². The van der Waals surface area contributed by atoms with E-state index in [0.717, 1.165) is 16.0 Å². The first-order chi connectivity index (χ1) is 9.04. The molecule has 6 nitrogen and oxygen atoms in total. The van der Waals surface area contributed by atoms with Crippen LogP contribution in [-0.4, -0.2) is 23.4 Å². The van der Waals surface area contributed by atoms with Gasteiger partial charge in [0.2, 0.25) is 11.2 Å². The summed E-state index contributed by atoms with van der Waals surface area (Å²) in [5.41, 5.74) is 0.379. The van der Waals surface area contributed by atoms with E-state index in [1.165, 1.54) is 0 Å². The number of anilines is 2. The van der Waals surface area contributed by atoms with Gasteiger partial charge in [-0.25, -0.2) is 17.7 Å². The van der Waals surface area contributed by atoms with Crippen molar-refractivity contribution in [2.75, 3.05) is 4.31 Å². The van der Waals surface area contributed by atoms with Crippen LogP contribution in [0.2, 0.25) is 5.28 Å². The van der Waals surface area contributed by atoms with Crippen LogP contribution < -0.4 is 4.31 Å². The molecule has 19 heavy (non-hydrogen) atoms. The van der Waals surface area contributed by atoms with Crippen molar-refractivity contribution >= 4 is 33.3 Å². The maximum absolute atomic E-state index is 12.1. The van der Waals surface area contributed by atoms with E-state index >= 15 is 0 Å². The van der Waals surface area contributed by atoms with Crippen LogP contribution in [0.3, 0.4) is 0 Å². The average molecular weight is 297 g/mol. The lowest BCUT2D eigenvalue weighted by molar-refractivity contribution is 0.604. The summed E-state index contributed by atoms with van der Waals surface area (Å²) in [7, 11) is -3.80. The van der Waals surface area contributed by atoms with E-state index in [4.69, 9.17) is 11.6 Å². The van der Waals surface area contributed by atoms with Gasteiger partial charge in [-0.1, -0.05) is 24.8 Å². The number of halogens is 1. The Morgan fingerprint density at radius 3 is 2.47 bits per heavy atom. The third-order valence-electron chi connectivity index (χ3n) is 2.17. The molecule has 0 atom stereocenters. The summed E-state index contributed by atoms with van der Waals surface area (Å²) in [4.78, 5) is 11.2. The fourth-order valence-corrected chi connectivity index (χ4v) is 2.38. The molecule has 0 aliphatic rings. The Morgan fingerprint density at radius 1 is 1.21 bits per heavy atom. The second-order valence-corrected chi connectivity index (χ2v) is 5.43. The molecule has 0 spiro atoms. The summed E-state index contributed by atoms with van der Waals surface area (Å²) in [6, 6.07) is 8.38. The molecule has 0 unspecified atom stereocenters. The minimum atomic E-state index is -3.80. The second-order valence-electron chi connectivity index (χ2n) is 3.37. The fraction of sp³-hybridized carbons (Fsp3) is 0. The molecule has 0 radical (unpaired) electrons. The highest BCUT2D eigenvalue weighted by Crippen LogP contribution is 2.26. The molecule has 2 aromatic rings. The van der Waals surface area contributed by atoms with Crippen molar-refractivity contribution in [3.8, 4) is 0 Å². The molecule has 1 heterocycles. The Balaban J connectivity index is 2.63. The van der Waals surface area contributed by atoms with E-state index in [1.54, 1.807) is 30.3 Å². The van der Waals surface area contributed by atoms with E-state index in [2.05, 4.69) is 21.5 Å². The normalized spacial score (nSPS) is 11.0. The zero-order chi connectivity index (χ0) is 13.9. The predicted molar refractivity (Wildman–Crippen MR) is 72.5 cm³/mol. The molecule has 0 saturated heterocycles. The third kappa shape index (κ3) is 2.88. The lowest BCUT2D eigenvalue weighted by Crippen LogP contribution is -2.25. The molecular formula is C11H9ClN4O2S. The molecule has 0 N–H and O–H groups in total. The highest BCUT2D eigenvalue weighted by Gasteiger charge is 2.24. The SMILES string of the molecule is C=CS(=O)(=O)N(c1ccccc1)c1ncnc(Cl)n1. The summed E-state index contributed by atoms with van der Waals surface area (Å²) in [6.07, 6.45) is 1.14. The number of aromatic nitrogens is 3. The van der Waals surface area contributed by atoms with Crippen LogP contribution in [0.4, 0.5) is 11.6 Å². The summed E-state index contributed by atoms with van der Waals surface area (Å²) < 4.78 is 25.1. The fourth-order valence-electron chi connectivity index (χ4n) is 1.38. The second kappa shape index (κ2) is 5.33. The predicted octanol–water partition coefficient (Wildman–Crippen LogP) is 2.14. The van der Waals surface area contributed by atoms with Crippen molar-refractivity contribution in [3.05, 3.63) is 53.9 Å². The third-order valence-corrected chi connectivity index (χ3v) is 3.65. The summed E-state index contributed by atoms with van der Waals surface area (Å²) in [5, 5.41) is 0.725. The van der Waals surface area contributed by atoms with Crippen LogP contribution in [0.15, 0.2) is 48.6 Å². The summed E-state index contributed by atoms with van der Waals surface area (Å²) in [5.74, 6) is -0.0916. The highest BCUT2D eigenvalue weighted by molar-refractivity contribution is 7.95. The Kier molecular flexibility index (Phi) is 3.77. The van der Waals surface area contributed by atoms with Crippen LogP contribution in [0.25, 0.3) is 0 Å². The van der Waals surface area contributed by atoms with Gasteiger partial charge in [0, 0.05) is 5.41 Å². The molecule has 0 amide bonds. The highest BCUT2D eigenvalue weighted by atomic mass is 35.5. The standard InChI is InChI=1S/C11H9ClN4O2S/c1-2-19(17,18)16(9-6-4-3-5-7-9)11-14-8-13-10(12)15-11/h2-8H,1H2. The summed E-state index contributed by atoms with van der Waals surface area (Å²) >= 11 is 5.66. The van der Waals surface area contributed by atoms with Gasteiger partial charge < -0.3 is 0 Å². The summed E-state index contributed by atoms with van der Waals surface area (Å²) in [6.45, 7) is 3.29. The van der Waals surface area contributed by atoms with Gasteiger partial charge in [-0.3, -0.25) is 0 Å². The van der Waals surface area contributed by atoms with Gasteiger partial charge in [0.05, 0.1) is 5.69 Å². The van der Waals surface area contributed by atoms with Gasteiger partial charge in [0.15, 0.2) is 0 Å². The van der Waals surface area contributed by atoms with E-state index in [1.807, 2.05) is 0 Å². The number of para-hydroxylation sites is 1. The van der Waals surface area contributed by atoms with E-state index in [-0.39, 0.29) is 11.2 Å². The average Bonchev–Trinajstić information content (AvgIpc) is 2.40. The Hall–Kier alpha value is -1.99. The molecule has 0 fully saturated rings. The number of nitrogens with zero attached hydrogens (tertiary/aromatic N) is 4. The topological polar surface area (TPSA) is 76.1 Å². The molecule has 0 aliphatic carbocycles. The first-order valence-electron chi connectivity index (χ1n) is 5.12. The van der Waals surface area contributed by atoms with Crippen molar-refractivity contribution in [1.29, 1.82) is 0 Å². The number of sulfonamides is 1. The molecule has 0 saturated carbocycles. The van der Waals surface area contributed by atoms with Crippen LogP contribution in [0.1, 0.15) is 0 Å². The molecule has 1 aromatic heterocycles. The molecule has 1 aromatic carbocycles. The monoisotopic (exact) mass is 296 g/mol. The van der Waals surface area contributed by atoms with Gasteiger partial charge >= 0.3 is 0 Å². The number of benzene rings is 1. The van der Waals surface area contributed by atoms with Gasteiger partial charge in [-0.2, -0.15) is 9.97 Å². The quantitative estimate of drug-likeness (QED) is 0.864. The van der Waals surface area contributed by atoms with Gasteiger partial charge in [0.25, 0.3) is 10.0 Å². The largest absolute Gasteiger partial charge is 0.263 e. The lowest BCUT2D eigenvalue weighted by Gasteiger charge is -2.19. The Morgan fingerprint density at radius 2 is 1.89 bits per heavy atom.